The Kier molecular flexibility index (Phi) is 12.7. The summed E-state index contributed by atoms with van der Waals surface area (Å²) in [4.78, 5) is 21.6. The largest absolute Gasteiger partial charge is 0.512 e. The molecule has 1 N–H and O–H groups in total. The van der Waals surface area contributed by atoms with Gasteiger partial charge in [-0.1, -0.05) is 112 Å². The van der Waals surface area contributed by atoms with Crippen LogP contribution in [0.25, 0.3) is 43.7 Å². The molecule has 4 nitrogen and oxygen atoms in total. The maximum absolute atomic E-state index is 12.2. The van der Waals surface area contributed by atoms with Crippen LogP contribution in [0.4, 0.5) is 0 Å². The van der Waals surface area contributed by atoms with Crippen LogP contribution in [-0.2, 0) is 24.9 Å². The molecule has 251 valence electrons. The van der Waals surface area contributed by atoms with Gasteiger partial charge in [0, 0.05) is 42.4 Å². The number of benzene rings is 4. The van der Waals surface area contributed by atoms with Gasteiger partial charge in [0.25, 0.3) is 0 Å². The maximum Gasteiger partial charge on any atom is 0.164 e. The van der Waals surface area contributed by atoms with E-state index in [9.17, 15) is 9.90 Å². The molecule has 0 unspecified atom stereocenters. The Morgan fingerprint density at radius 2 is 1.47 bits per heavy atom. The molecule has 0 aliphatic carbocycles. The second-order valence-corrected chi connectivity index (χ2v) is 13.6. The Balaban J connectivity index is 0.000000290. The van der Waals surface area contributed by atoms with Crippen LogP contribution in [0.1, 0.15) is 104 Å². The third-order valence-electron chi connectivity index (χ3n) is 10.3. The number of allylic oxidation sites excluding steroid dienone is 2. The van der Waals surface area contributed by atoms with Crippen LogP contribution in [0.2, 0.25) is 0 Å². The summed E-state index contributed by atoms with van der Waals surface area (Å²) < 4.78 is 0. The molecule has 5 heteroatoms. The molecule has 1 aromatic heterocycles. The fourth-order valence-corrected chi connectivity index (χ4v) is 6.13. The quantitative estimate of drug-likeness (QED) is 0.0697. The topological polar surface area (TPSA) is 63.1 Å². The molecule has 0 aliphatic heterocycles. The molecule has 0 saturated heterocycles. The normalized spacial score (nSPS) is 12.3. The minimum atomic E-state index is -0.337. The van der Waals surface area contributed by atoms with E-state index < -0.39 is 0 Å². The average molecular weight is 808 g/mol. The van der Waals surface area contributed by atoms with Gasteiger partial charge in [-0.2, -0.15) is 0 Å². The van der Waals surface area contributed by atoms with E-state index in [1.807, 2.05) is 41.5 Å². The zero-order chi connectivity index (χ0) is 33.8. The first-order chi connectivity index (χ1) is 21.8. The molecule has 0 spiro atoms. The van der Waals surface area contributed by atoms with Crippen molar-refractivity contribution >= 4 is 38.2 Å². The van der Waals surface area contributed by atoms with Gasteiger partial charge >= 0.3 is 0 Å². The third kappa shape index (κ3) is 7.85. The van der Waals surface area contributed by atoms with Gasteiger partial charge in [-0.3, -0.25) is 9.78 Å². The van der Waals surface area contributed by atoms with Crippen LogP contribution in [-0.4, -0.2) is 20.9 Å². The van der Waals surface area contributed by atoms with Crippen LogP contribution in [0.15, 0.2) is 72.8 Å². The molecule has 0 saturated carbocycles. The average Bonchev–Trinajstić information content (AvgIpc) is 3.06. The van der Waals surface area contributed by atoms with Crippen LogP contribution in [0.3, 0.4) is 0 Å². The first-order valence-electron chi connectivity index (χ1n) is 16.9. The standard InChI is InChI=1S/C27H23N2.C15H28O2.Ir/c1-16(2)24-14-19-7-5-6-8-21(19)22-9-10-23-26(28-15-29-27(23)25(22)24)20-12-17(3)11-18(4)13-20;1-7-14(5,8-2)12(16)11-13(17)15(6,9-3)10-4;/h5-12,14-16H,1-4H3;11,16H,7-10H2,1-6H3;/q-1;;/b;12-11-;. The molecule has 5 aromatic rings. The Bertz CT molecular complexity index is 1880. The molecule has 1 heterocycles. The predicted molar refractivity (Wildman–Crippen MR) is 195 cm³/mol. The van der Waals surface area contributed by atoms with Crippen molar-refractivity contribution in [1.29, 1.82) is 0 Å². The van der Waals surface area contributed by atoms with Gasteiger partial charge in [0.1, 0.15) is 12.1 Å². The number of aromatic nitrogens is 2. The van der Waals surface area contributed by atoms with Gasteiger partial charge in [0.05, 0.1) is 5.52 Å². The molecular formula is C42H51IrN2O2-. The molecule has 0 fully saturated rings. The Morgan fingerprint density at radius 3 is 2.06 bits per heavy atom. The Hall–Kier alpha value is -3.40. The van der Waals surface area contributed by atoms with E-state index in [0.717, 1.165) is 53.4 Å². The number of rotatable bonds is 9. The molecule has 47 heavy (non-hydrogen) atoms. The molecule has 0 bridgehead atoms. The van der Waals surface area contributed by atoms with Gasteiger partial charge in [-0.25, -0.2) is 4.98 Å². The van der Waals surface area contributed by atoms with Crippen molar-refractivity contribution in [2.75, 3.05) is 0 Å². The summed E-state index contributed by atoms with van der Waals surface area (Å²) in [6, 6.07) is 23.1. The van der Waals surface area contributed by atoms with Crippen molar-refractivity contribution in [2.24, 2.45) is 10.8 Å². The van der Waals surface area contributed by atoms with Gasteiger partial charge in [0.2, 0.25) is 0 Å². The predicted octanol–water partition coefficient (Wildman–Crippen LogP) is 11.8. The van der Waals surface area contributed by atoms with Gasteiger partial charge < -0.3 is 5.11 Å². The minimum absolute atomic E-state index is 0. The monoisotopic (exact) mass is 808 g/mol. The summed E-state index contributed by atoms with van der Waals surface area (Å²) in [5.41, 5.74) is 6.08. The van der Waals surface area contributed by atoms with Gasteiger partial charge in [-0.05, 0) is 64.4 Å². The number of ketones is 1. The second kappa shape index (κ2) is 15.7. The van der Waals surface area contributed by atoms with Crippen LogP contribution in [0, 0.1) is 30.7 Å². The summed E-state index contributed by atoms with van der Waals surface area (Å²) >= 11 is 0. The van der Waals surface area contributed by atoms with E-state index in [1.54, 1.807) is 6.33 Å². The third-order valence-corrected chi connectivity index (χ3v) is 10.3. The Morgan fingerprint density at radius 1 is 0.851 bits per heavy atom. The van der Waals surface area contributed by atoms with E-state index in [4.69, 9.17) is 4.98 Å². The van der Waals surface area contributed by atoms with Crippen molar-refractivity contribution in [1.82, 2.24) is 9.97 Å². The number of fused-ring (bicyclic) bond motifs is 5. The molecule has 0 aliphatic rings. The number of aryl methyl sites for hydroxylation is 2. The zero-order valence-corrected chi connectivity index (χ0v) is 32.2. The SMILES string of the molecule is CCC(C)(CC)C(=O)/C=C(\O)C(C)(CC)CC.Cc1[c-]c(-c2ncnc3c2ccc2c4ccccc4cc(C(C)C)c23)cc(C)c1.[Ir]. The number of hydrogen-bond acceptors (Lipinski definition) is 4. The maximum atomic E-state index is 12.2. The summed E-state index contributed by atoms with van der Waals surface area (Å²) in [6.07, 6.45) is 6.45. The number of aliphatic hydroxyl groups is 1. The van der Waals surface area contributed by atoms with E-state index in [-0.39, 0.29) is 42.5 Å². The summed E-state index contributed by atoms with van der Waals surface area (Å²) in [6.45, 7) is 20.8. The molecule has 5 rings (SSSR count). The van der Waals surface area contributed by atoms with Gasteiger partial charge in [0.15, 0.2) is 5.78 Å². The van der Waals surface area contributed by atoms with E-state index in [1.165, 1.54) is 38.7 Å². The van der Waals surface area contributed by atoms with Crippen molar-refractivity contribution in [3.05, 3.63) is 95.5 Å². The van der Waals surface area contributed by atoms with Crippen LogP contribution < -0.4 is 0 Å². The second-order valence-electron chi connectivity index (χ2n) is 13.6. The number of hydrogen-bond donors (Lipinski definition) is 1. The first-order valence-corrected chi connectivity index (χ1v) is 16.9. The van der Waals surface area contributed by atoms with Crippen molar-refractivity contribution in [3.63, 3.8) is 0 Å². The van der Waals surface area contributed by atoms with Crippen LogP contribution in [0.5, 0.6) is 0 Å². The zero-order valence-electron chi connectivity index (χ0n) is 29.8. The summed E-state index contributed by atoms with van der Waals surface area (Å²) in [5, 5.41) is 16.3. The smallest absolute Gasteiger partial charge is 0.164 e. The summed E-state index contributed by atoms with van der Waals surface area (Å²) in [5.74, 6) is 0.688. The van der Waals surface area contributed by atoms with Crippen molar-refractivity contribution in [3.8, 4) is 11.3 Å². The molecule has 0 amide bonds. The van der Waals surface area contributed by atoms with E-state index >= 15 is 0 Å². The van der Waals surface area contributed by atoms with E-state index in [0.29, 0.717) is 5.92 Å². The minimum Gasteiger partial charge on any atom is -0.512 e. The number of nitrogens with zero attached hydrogens (tertiary/aromatic N) is 2. The fraction of sp³-hybridized carbons (Fsp3) is 0.405. The van der Waals surface area contributed by atoms with E-state index in [2.05, 4.69) is 93.3 Å². The number of carbonyl (C=O) groups excluding carboxylic acids is 1. The van der Waals surface area contributed by atoms with Gasteiger partial charge in [-0.15, -0.1) is 34.9 Å². The molecule has 0 atom stereocenters. The van der Waals surface area contributed by atoms with Crippen LogP contribution >= 0.6 is 0 Å². The number of carbonyl (C=O) groups is 1. The molecular weight excluding hydrogens is 757 g/mol. The summed E-state index contributed by atoms with van der Waals surface area (Å²) in [7, 11) is 0. The molecule has 1 radical (unpaired) electrons. The van der Waals surface area contributed by atoms with Crippen molar-refractivity contribution in [2.45, 2.75) is 101 Å². The Labute approximate surface area is 295 Å². The van der Waals surface area contributed by atoms with Crippen molar-refractivity contribution < 1.29 is 30.0 Å². The fourth-order valence-electron chi connectivity index (χ4n) is 6.13. The first kappa shape index (κ1) is 38.1. The number of aliphatic hydroxyl groups excluding tert-OH is 1. The molecule has 4 aromatic carbocycles.